The fourth-order valence-electron chi connectivity index (χ4n) is 1.29. The molecule has 1 aromatic heterocycles. The SMILES string of the molecule is Fc1cccc(COc2cncc(Cl)c2)c1Br. The first-order valence-electron chi connectivity index (χ1n) is 4.83. The maximum atomic E-state index is 13.2. The molecule has 0 spiro atoms. The van der Waals surface area contributed by atoms with Gasteiger partial charge in [-0.25, -0.2) is 4.39 Å². The third-order valence-electron chi connectivity index (χ3n) is 2.11. The Hall–Kier alpha value is -1.13. The Morgan fingerprint density at radius 1 is 1.35 bits per heavy atom. The second kappa shape index (κ2) is 5.47. The van der Waals surface area contributed by atoms with Crippen LogP contribution in [0.2, 0.25) is 5.02 Å². The van der Waals surface area contributed by atoms with Gasteiger partial charge in [0, 0.05) is 17.8 Å². The van der Waals surface area contributed by atoms with Crippen LogP contribution in [0.25, 0.3) is 0 Å². The van der Waals surface area contributed by atoms with Crippen LogP contribution in [0.15, 0.2) is 41.1 Å². The first-order valence-corrected chi connectivity index (χ1v) is 6.00. The van der Waals surface area contributed by atoms with Gasteiger partial charge in [-0.15, -0.1) is 0 Å². The molecule has 2 nitrogen and oxygen atoms in total. The molecule has 0 fully saturated rings. The van der Waals surface area contributed by atoms with Crippen LogP contribution in [-0.2, 0) is 6.61 Å². The average Bonchev–Trinajstić information content (AvgIpc) is 2.31. The van der Waals surface area contributed by atoms with Crippen molar-refractivity contribution >= 4 is 27.5 Å². The second-order valence-electron chi connectivity index (χ2n) is 3.34. The molecule has 2 rings (SSSR count). The zero-order valence-electron chi connectivity index (χ0n) is 8.66. The lowest BCUT2D eigenvalue weighted by molar-refractivity contribution is 0.303. The number of ether oxygens (including phenoxy) is 1. The summed E-state index contributed by atoms with van der Waals surface area (Å²) in [5, 5.41) is 0.501. The number of rotatable bonds is 3. The standard InChI is InChI=1S/C12H8BrClFNO/c13-12-8(2-1-3-11(12)15)7-17-10-4-9(14)5-16-6-10/h1-6H,7H2. The normalized spacial score (nSPS) is 10.3. The molecular formula is C12H8BrClFNO. The van der Waals surface area contributed by atoms with Gasteiger partial charge in [-0.05, 0) is 22.0 Å². The maximum absolute atomic E-state index is 13.2. The van der Waals surface area contributed by atoms with Crippen molar-refractivity contribution in [1.82, 2.24) is 4.98 Å². The number of hydrogen-bond donors (Lipinski definition) is 0. The molecule has 0 saturated carbocycles. The van der Waals surface area contributed by atoms with Crippen molar-refractivity contribution in [1.29, 1.82) is 0 Å². The molecule has 0 N–H and O–H groups in total. The van der Waals surface area contributed by atoms with Gasteiger partial charge in [0.25, 0.3) is 0 Å². The molecule has 1 aromatic carbocycles. The zero-order valence-corrected chi connectivity index (χ0v) is 11.0. The first kappa shape index (κ1) is 12.3. The summed E-state index contributed by atoms with van der Waals surface area (Å²) in [7, 11) is 0. The monoisotopic (exact) mass is 315 g/mol. The zero-order chi connectivity index (χ0) is 12.3. The Morgan fingerprint density at radius 2 is 2.18 bits per heavy atom. The van der Waals surface area contributed by atoms with Crippen molar-refractivity contribution in [3.63, 3.8) is 0 Å². The van der Waals surface area contributed by atoms with Crippen molar-refractivity contribution in [2.45, 2.75) is 6.61 Å². The molecule has 0 bridgehead atoms. The van der Waals surface area contributed by atoms with Crippen LogP contribution in [0.4, 0.5) is 4.39 Å². The molecule has 5 heteroatoms. The Morgan fingerprint density at radius 3 is 2.94 bits per heavy atom. The van der Waals surface area contributed by atoms with Gasteiger partial charge < -0.3 is 4.74 Å². The number of pyridine rings is 1. The number of nitrogens with zero attached hydrogens (tertiary/aromatic N) is 1. The van der Waals surface area contributed by atoms with Gasteiger partial charge in [-0.1, -0.05) is 23.7 Å². The van der Waals surface area contributed by atoms with Gasteiger partial charge in [-0.2, -0.15) is 0 Å². The molecule has 0 aliphatic carbocycles. The third kappa shape index (κ3) is 3.17. The molecule has 0 amide bonds. The minimum absolute atomic E-state index is 0.250. The summed E-state index contributed by atoms with van der Waals surface area (Å²) in [5.41, 5.74) is 0.727. The smallest absolute Gasteiger partial charge is 0.139 e. The van der Waals surface area contributed by atoms with Crippen molar-refractivity contribution in [3.8, 4) is 5.75 Å². The number of benzene rings is 1. The number of aromatic nitrogens is 1. The lowest BCUT2D eigenvalue weighted by atomic mass is 10.2. The Bertz CT molecular complexity index is 536. The molecule has 0 aliphatic heterocycles. The van der Waals surface area contributed by atoms with E-state index in [2.05, 4.69) is 20.9 Å². The summed E-state index contributed by atoms with van der Waals surface area (Å²) in [6.07, 6.45) is 3.07. The van der Waals surface area contributed by atoms with Crippen molar-refractivity contribution in [2.75, 3.05) is 0 Å². The van der Waals surface area contributed by atoms with Crippen LogP contribution < -0.4 is 4.74 Å². The summed E-state index contributed by atoms with van der Waals surface area (Å²) in [6, 6.07) is 6.45. The largest absolute Gasteiger partial charge is 0.487 e. The van der Waals surface area contributed by atoms with Crippen LogP contribution in [0, 0.1) is 5.82 Å². The quantitative estimate of drug-likeness (QED) is 0.846. The predicted octanol–water partition coefficient (Wildman–Crippen LogP) is 4.22. The molecular weight excluding hydrogens is 308 g/mol. The van der Waals surface area contributed by atoms with E-state index in [0.717, 1.165) is 5.56 Å². The molecule has 0 saturated heterocycles. The van der Waals surface area contributed by atoms with E-state index in [9.17, 15) is 4.39 Å². The Balaban J connectivity index is 2.10. The highest BCUT2D eigenvalue weighted by atomic mass is 79.9. The van der Waals surface area contributed by atoms with E-state index < -0.39 is 0 Å². The minimum Gasteiger partial charge on any atom is -0.487 e. The van der Waals surface area contributed by atoms with Crippen LogP contribution in [0.3, 0.4) is 0 Å². The van der Waals surface area contributed by atoms with Gasteiger partial charge in [0.1, 0.15) is 18.2 Å². The summed E-state index contributed by atoms with van der Waals surface area (Å²) in [6.45, 7) is 0.250. The van der Waals surface area contributed by atoms with E-state index in [4.69, 9.17) is 16.3 Å². The lowest BCUT2D eigenvalue weighted by Gasteiger charge is -2.08. The average molecular weight is 317 g/mol. The van der Waals surface area contributed by atoms with Crippen LogP contribution in [0.1, 0.15) is 5.56 Å². The second-order valence-corrected chi connectivity index (χ2v) is 4.57. The van der Waals surface area contributed by atoms with Crippen molar-refractivity contribution in [2.24, 2.45) is 0 Å². The van der Waals surface area contributed by atoms with Crippen LogP contribution >= 0.6 is 27.5 Å². The van der Waals surface area contributed by atoms with Gasteiger partial charge in [0.05, 0.1) is 15.7 Å². The van der Waals surface area contributed by atoms with Crippen molar-refractivity contribution < 1.29 is 9.13 Å². The van der Waals surface area contributed by atoms with E-state index in [-0.39, 0.29) is 12.4 Å². The molecule has 17 heavy (non-hydrogen) atoms. The molecule has 1 heterocycles. The van der Waals surface area contributed by atoms with Crippen molar-refractivity contribution in [3.05, 3.63) is 57.5 Å². The van der Waals surface area contributed by atoms with Crippen LogP contribution in [0.5, 0.6) is 5.75 Å². The van der Waals surface area contributed by atoms with E-state index in [1.54, 1.807) is 24.4 Å². The van der Waals surface area contributed by atoms with Gasteiger partial charge >= 0.3 is 0 Å². The molecule has 2 aromatic rings. The fourth-order valence-corrected chi connectivity index (χ4v) is 1.83. The van der Waals surface area contributed by atoms with Gasteiger partial charge in [0.2, 0.25) is 0 Å². The highest BCUT2D eigenvalue weighted by Gasteiger charge is 2.05. The maximum Gasteiger partial charge on any atom is 0.139 e. The molecule has 0 atom stereocenters. The highest BCUT2D eigenvalue weighted by molar-refractivity contribution is 9.10. The fraction of sp³-hybridized carbons (Fsp3) is 0.0833. The number of halogens is 3. The predicted molar refractivity (Wildman–Crippen MR) is 67.7 cm³/mol. The Kier molecular flexibility index (Phi) is 3.97. The topological polar surface area (TPSA) is 22.1 Å². The highest BCUT2D eigenvalue weighted by Crippen LogP contribution is 2.22. The summed E-state index contributed by atoms with van der Waals surface area (Å²) >= 11 is 8.94. The summed E-state index contributed by atoms with van der Waals surface area (Å²) < 4.78 is 19.1. The van der Waals surface area contributed by atoms with E-state index >= 15 is 0 Å². The van der Waals surface area contributed by atoms with E-state index in [1.807, 2.05) is 0 Å². The molecule has 0 unspecified atom stereocenters. The van der Waals surface area contributed by atoms with E-state index in [0.29, 0.717) is 15.2 Å². The Labute approximate surface area is 112 Å². The lowest BCUT2D eigenvalue weighted by Crippen LogP contribution is -1.98. The number of hydrogen-bond acceptors (Lipinski definition) is 2. The van der Waals surface area contributed by atoms with Gasteiger partial charge in [0.15, 0.2) is 0 Å². The molecule has 0 radical (unpaired) electrons. The van der Waals surface area contributed by atoms with E-state index in [1.165, 1.54) is 12.3 Å². The summed E-state index contributed by atoms with van der Waals surface area (Å²) in [5.74, 6) is 0.240. The third-order valence-corrected chi connectivity index (χ3v) is 3.20. The molecule has 88 valence electrons. The first-order chi connectivity index (χ1) is 8.16. The molecule has 0 aliphatic rings. The summed E-state index contributed by atoms with van der Waals surface area (Å²) in [4.78, 5) is 3.89. The van der Waals surface area contributed by atoms with Gasteiger partial charge in [-0.3, -0.25) is 4.98 Å². The van der Waals surface area contributed by atoms with Crippen LogP contribution in [-0.4, -0.2) is 4.98 Å². The minimum atomic E-state index is -0.310.